The Labute approximate surface area is 101 Å². The molecule has 1 aliphatic rings. The molecule has 3 N–H and O–H groups in total. The lowest BCUT2D eigenvalue weighted by Gasteiger charge is -2.31. The average Bonchev–Trinajstić information content (AvgIpc) is 2.35. The van der Waals surface area contributed by atoms with Gasteiger partial charge in [0, 0.05) is 12.6 Å². The molecule has 1 aliphatic heterocycles. The molecule has 1 aromatic rings. The smallest absolute Gasteiger partial charge is 0.0923 e. The third-order valence-electron chi connectivity index (χ3n) is 3.02. The molecule has 1 heterocycles. The van der Waals surface area contributed by atoms with Gasteiger partial charge in [-0.25, -0.2) is 0 Å². The lowest BCUT2D eigenvalue weighted by atomic mass is 10.0. The van der Waals surface area contributed by atoms with Crippen molar-refractivity contribution in [2.45, 2.75) is 31.3 Å². The molecule has 0 radical (unpaired) electrons. The van der Waals surface area contributed by atoms with E-state index in [1.807, 2.05) is 30.3 Å². The molecule has 0 unspecified atom stereocenters. The van der Waals surface area contributed by atoms with Gasteiger partial charge < -0.3 is 20.3 Å². The molecule has 94 valence electrons. The summed E-state index contributed by atoms with van der Waals surface area (Å²) in [5, 5.41) is 22.0. The minimum Gasteiger partial charge on any atom is -0.390 e. The van der Waals surface area contributed by atoms with Crippen molar-refractivity contribution in [3.63, 3.8) is 0 Å². The fourth-order valence-corrected chi connectivity index (χ4v) is 1.98. The van der Waals surface area contributed by atoms with E-state index in [-0.39, 0.29) is 6.04 Å². The molecule has 2 rings (SSSR count). The van der Waals surface area contributed by atoms with Crippen molar-refractivity contribution in [3.05, 3.63) is 35.9 Å². The topological polar surface area (TPSA) is 61.7 Å². The van der Waals surface area contributed by atoms with E-state index in [0.29, 0.717) is 26.2 Å². The Balaban J connectivity index is 1.69. The number of piperidine rings is 1. The van der Waals surface area contributed by atoms with Crippen molar-refractivity contribution in [1.82, 2.24) is 5.32 Å². The van der Waals surface area contributed by atoms with Gasteiger partial charge in [-0.1, -0.05) is 30.3 Å². The van der Waals surface area contributed by atoms with Crippen LogP contribution in [0.25, 0.3) is 0 Å². The highest BCUT2D eigenvalue weighted by Crippen LogP contribution is 2.10. The number of aliphatic hydroxyl groups excluding tert-OH is 2. The van der Waals surface area contributed by atoms with Crippen LogP contribution in [0.1, 0.15) is 12.0 Å². The van der Waals surface area contributed by atoms with E-state index in [2.05, 4.69) is 5.32 Å². The van der Waals surface area contributed by atoms with Crippen molar-refractivity contribution in [2.75, 3.05) is 13.2 Å². The highest BCUT2D eigenvalue weighted by atomic mass is 16.5. The molecule has 4 heteroatoms. The molecule has 1 fully saturated rings. The van der Waals surface area contributed by atoms with Gasteiger partial charge >= 0.3 is 0 Å². The molecular weight excluding hydrogens is 218 g/mol. The van der Waals surface area contributed by atoms with E-state index < -0.39 is 12.2 Å². The van der Waals surface area contributed by atoms with Crippen LogP contribution in [-0.2, 0) is 11.3 Å². The van der Waals surface area contributed by atoms with Crippen molar-refractivity contribution in [2.24, 2.45) is 0 Å². The second-order valence-electron chi connectivity index (χ2n) is 4.48. The molecular formula is C13H19NO3. The molecule has 0 spiro atoms. The quantitative estimate of drug-likeness (QED) is 0.704. The van der Waals surface area contributed by atoms with Gasteiger partial charge in [0.2, 0.25) is 0 Å². The van der Waals surface area contributed by atoms with Crippen LogP contribution in [0.3, 0.4) is 0 Å². The number of nitrogens with one attached hydrogen (secondary N) is 1. The Morgan fingerprint density at radius 1 is 1.18 bits per heavy atom. The van der Waals surface area contributed by atoms with Crippen LogP contribution in [0.4, 0.5) is 0 Å². The molecule has 0 saturated carbocycles. The summed E-state index contributed by atoms with van der Waals surface area (Å²) in [6.45, 7) is 1.57. The summed E-state index contributed by atoms with van der Waals surface area (Å²) in [7, 11) is 0. The maximum absolute atomic E-state index is 9.52. The third-order valence-corrected chi connectivity index (χ3v) is 3.02. The number of ether oxygens (including phenoxy) is 1. The Morgan fingerprint density at radius 3 is 2.65 bits per heavy atom. The molecule has 0 bridgehead atoms. The van der Waals surface area contributed by atoms with Crippen LogP contribution in [0.5, 0.6) is 0 Å². The van der Waals surface area contributed by atoms with Gasteiger partial charge in [0.25, 0.3) is 0 Å². The van der Waals surface area contributed by atoms with Crippen molar-refractivity contribution >= 4 is 0 Å². The second-order valence-corrected chi connectivity index (χ2v) is 4.48. The molecule has 4 nitrogen and oxygen atoms in total. The Bertz CT molecular complexity index is 331. The fraction of sp³-hybridized carbons (Fsp3) is 0.538. The highest BCUT2D eigenvalue weighted by Gasteiger charge is 2.26. The second kappa shape index (κ2) is 6.12. The molecule has 1 aromatic carbocycles. The van der Waals surface area contributed by atoms with Gasteiger partial charge in [0.1, 0.15) is 0 Å². The van der Waals surface area contributed by atoms with E-state index in [0.717, 1.165) is 5.56 Å². The van der Waals surface area contributed by atoms with Gasteiger partial charge in [-0.2, -0.15) is 0 Å². The molecule has 0 amide bonds. The van der Waals surface area contributed by atoms with Crippen LogP contribution in [0.2, 0.25) is 0 Å². The average molecular weight is 237 g/mol. The van der Waals surface area contributed by atoms with E-state index in [1.54, 1.807) is 0 Å². The summed E-state index contributed by atoms with van der Waals surface area (Å²) in [5.41, 5.74) is 1.14. The third kappa shape index (κ3) is 3.78. The molecule has 0 aliphatic carbocycles. The number of aliphatic hydroxyl groups is 2. The lowest BCUT2D eigenvalue weighted by Crippen LogP contribution is -2.51. The molecule has 1 saturated heterocycles. The fourth-order valence-electron chi connectivity index (χ4n) is 1.98. The van der Waals surface area contributed by atoms with Gasteiger partial charge in [0.15, 0.2) is 0 Å². The summed E-state index contributed by atoms with van der Waals surface area (Å²) in [6.07, 6.45) is -0.752. The summed E-state index contributed by atoms with van der Waals surface area (Å²) in [5.74, 6) is 0. The number of hydrogen-bond acceptors (Lipinski definition) is 4. The minimum absolute atomic E-state index is 0.122. The zero-order valence-corrected chi connectivity index (χ0v) is 9.75. The van der Waals surface area contributed by atoms with Crippen molar-refractivity contribution in [1.29, 1.82) is 0 Å². The van der Waals surface area contributed by atoms with Crippen molar-refractivity contribution < 1.29 is 14.9 Å². The van der Waals surface area contributed by atoms with E-state index in [1.165, 1.54) is 0 Å². The Kier molecular flexibility index (Phi) is 4.50. The zero-order chi connectivity index (χ0) is 12.1. The highest BCUT2D eigenvalue weighted by molar-refractivity contribution is 5.13. The minimum atomic E-state index is -0.652. The van der Waals surface area contributed by atoms with Gasteiger partial charge in [-0.05, 0) is 12.0 Å². The summed E-state index contributed by atoms with van der Waals surface area (Å²) < 4.78 is 5.59. The van der Waals surface area contributed by atoms with Crippen LogP contribution < -0.4 is 5.32 Å². The molecule has 3 atom stereocenters. The van der Waals surface area contributed by atoms with E-state index in [4.69, 9.17) is 4.74 Å². The SMILES string of the molecule is O[C@@H]1CN[C@@H](COCc2ccccc2)C[C@H]1O. The van der Waals surface area contributed by atoms with Gasteiger partial charge in [-0.3, -0.25) is 0 Å². The Hall–Kier alpha value is -0.940. The predicted octanol–water partition coefficient (Wildman–Crippen LogP) is 0.287. The zero-order valence-electron chi connectivity index (χ0n) is 9.75. The molecule has 17 heavy (non-hydrogen) atoms. The number of benzene rings is 1. The first-order valence-electron chi connectivity index (χ1n) is 5.97. The first kappa shape index (κ1) is 12.5. The maximum Gasteiger partial charge on any atom is 0.0923 e. The largest absolute Gasteiger partial charge is 0.390 e. The van der Waals surface area contributed by atoms with E-state index in [9.17, 15) is 10.2 Å². The summed E-state index contributed by atoms with van der Waals surface area (Å²) >= 11 is 0. The first-order chi connectivity index (χ1) is 8.25. The monoisotopic (exact) mass is 237 g/mol. The number of β-amino-alcohol motifs (C(OH)–C–C–N with tert-alkyl or cyclic N) is 1. The van der Waals surface area contributed by atoms with Crippen LogP contribution in [-0.4, -0.2) is 41.6 Å². The standard InChI is InChI=1S/C13H19NO3/c15-12-6-11(14-7-13(12)16)9-17-8-10-4-2-1-3-5-10/h1-5,11-16H,6-9H2/t11-,12-,13-/m1/s1. The normalized spacial score (nSPS) is 29.2. The van der Waals surface area contributed by atoms with Crippen LogP contribution >= 0.6 is 0 Å². The van der Waals surface area contributed by atoms with E-state index >= 15 is 0 Å². The Morgan fingerprint density at radius 2 is 1.94 bits per heavy atom. The van der Waals surface area contributed by atoms with Gasteiger partial charge in [-0.15, -0.1) is 0 Å². The van der Waals surface area contributed by atoms with Crippen LogP contribution in [0, 0.1) is 0 Å². The first-order valence-corrected chi connectivity index (χ1v) is 5.97. The number of hydrogen-bond donors (Lipinski definition) is 3. The maximum atomic E-state index is 9.52. The predicted molar refractivity (Wildman–Crippen MR) is 64.5 cm³/mol. The summed E-state index contributed by atoms with van der Waals surface area (Å²) in [6, 6.07) is 10.1. The van der Waals surface area contributed by atoms with Crippen LogP contribution in [0.15, 0.2) is 30.3 Å². The lowest BCUT2D eigenvalue weighted by molar-refractivity contribution is -0.0265. The van der Waals surface area contributed by atoms with Crippen molar-refractivity contribution in [3.8, 4) is 0 Å². The summed E-state index contributed by atoms with van der Waals surface area (Å²) in [4.78, 5) is 0. The molecule has 0 aromatic heterocycles. The number of rotatable bonds is 4. The van der Waals surface area contributed by atoms with Gasteiger partial charge in [0.05, 0.1) is 25.4 Å².